The zero-order valence-electron chi connectivity index (χ0n) is 18.0. The number of pyridine rings is 1. The van der Waals surface area contributed by atoms with Gasteiger partial charge in [-0.1, -0.05) is 12.1 Å². The number of carbonyl (C=O) groups excluding carboxylic acids is 1. The monoisotopic (exact) mass is 465 g/mol. The largest absolute Gasteiger partial charge is 0.315 e. The molecule has 4 rings (SSSR count). The molecule has 1 aliphatic rings. The second-order valence-corrected chi connectivity index (χ2v) is 10.6. The van der Waals surface area contributed by atoms with E-state index < -0.39 is 16.4 Å². The Labute approximate surface area is 193 Å². The van der Waals surface area contributed by atoms with Crippen molar-refractivity contribution in [2.24, 2.45) is 0 Å². The van der Waals surface area contributed by atoms with E-state index in [0.717, 1.165) is 29.7 Å². The van der Waals surface area contributed by atoms with Crippen LogP contribution in [0.3, 0.4) is 0 Å². The van der Waals surface area contributed by atoms with E-state index in [2.05, 4.69) is 20.8 Å². The summed E-state index contributed by atoms with van der Waals surface area (Å²) in [6.45, 7) is 3.69. The Bertz CT molecular complexity index is 1210. The Morgan fingerprint density at radius 3 is 2.62 bits per heavy atom. The Kier molecular flexibility index (Phi) is 6.09. The number of thiazole rings is 1. The smallest absolute Gasteiger partial charge is 0.238 e. The van der Waals surface area contributed by atoms with Gasteiger partial charge in [0, 0.05) is 36.1 Å². The first kappa shape index (κ1) is 22.1. The van der Waals surface area contributed by atoms with E-state index in [9.17, 15) is 9.00 Å². The van der Waals surface area contributed by atoms with Crippen molar-refractivity contribution in [1.82, 2.24) is 9.97 Å². The molecule has 1 aromatic carbocycles. The van der Waals surface area contributed by atoms with Crippen molar-refractivity contribution < 1.29 is 9.00 Å². The molecule has 9 heteroatoms. The van der Waals surface area contributed by atoms with Crippen LogP contribution in [0.1, 0.15) is 37.9 Å². The molecule has 2 aromatic heterocycles. The molecule has 1 saturated carbocycles. The zero-order chi connectivity index (χ0) is 22.9. The molecule has 0 spiro atoms. The van der Waals surface area contributed by atoms with Gasteiger partial charge in [0.15, 0.2) is 5.13 Å². The SMILES string of the molecule is CN(C(=O)C(C)(C)c1csc(NS(=O)C2CC2)n1)c1ccc(-c2cncc(C#N)c2)cc1. The molecule has 1 aliphatic carbocycles. The second kappa shape index (κ2) is 8.81. The van der Waals surface area contributed by atoms with Crippen molar-refractivity contribution in [2.75, 3.05) is 16.7 Å². The van der Waals surface area contributed by atoms with Gasteiger partial charge in [0.2, 0.25) is 5.91 Å². The number of carbonyl (C=O) groups is 1. The first-order valence-corrected chi connectivity index (χ1v) is 12.3. The number of rotatable bonds is 7. The van der Waals surface area contributed by atoms with E-state index in [1.54, 1.807) is 24.2 Å². The number of nitrogens with one attached hydrogen (secondary N) is 1. The Morgan fingerprint density at radius 1 is 1.25 bits per heavy atom. The molecule has 0 aliphatic heterocycles. The third kappa shape index (κ3) is 4.56. The van der Waals surface area contributed by atoms with Gasteiger partial charge in [0.25, 0.3) is 0 Å². The highest BCUT2D eigenvalue weighted by Crippen LogP contribution is 2.33. The number of nitrogens with zero attached hydrogens (tertiary/aromatic N) is 4. The van der Waals surface area contributed by atoms with Crippen LogP contribution >= 0.6 is 11.3 Å². The molecule has 1 fully saturated rings. The molecular formula is C23H23N5O2S2. The van der Waals surface area contributed by atoms with Gasteiger partial charge < -0.3 is 4.90 Å². The highest BCUT2D eigenvalue weighted by atomic mass is 32.2. The van der Waals surface area contributed by atoms with Crippen molar-refractivity contribution in [2.45, 2.75) is 37.4 Å². The van der Waals surface area contributed by atoms with Gasteiger partial charge in [0.1, 0.15) is 17.1 Å². The quantitative estimate of drug-likeness (QED) is 0.562. The van der Waals surface area contributed by atoms with Crippen molar-refractivity contribution in [3.8, 4) is 17.2 Å². The molecule has 0 bridgehead atoms. The molecule has 32 heavy (non-hydrogen) atoms. The lowest BCUT2D eigenvalue weighted by Crippen LogP contribution is -2.41. The highest BCUT2D eigenvalue weighted by Gasteiger charge is 2.36. The van der Waals surface area contributed by atoms with Crippen LogP contribution in [0.15, 0.2) is 48.1 Å². The van der Waals surface area contributed by atoms with Crippen LogP contribution in [-0.4, -0.2) is 32.4 Å². The lowest BCUT2D eigenvalue weighted by atomic mass is 9.88. The molecule has 0 saturated heterocycles. The van der Waals surface area contributed by atoms with Gasteiger partial charge >= 0.3 is 0 Å². The second-order valence-electron chi connectivity index (χ2n) is 8.25. The van der Waals surface area contributed by atoms with Gasteiger partial charge in [-0.3, -0.25) is 14.5 Å². The lowest BCUT2D eigenvalue weighted by molar-refractivity contribution is -0.122. The number of hydrogen-bond donors (Lipinski definition) is 1. The topological polar surface area (TPSA) is 99.0 Å². The van der Waals surface area contributed by atoms with E-state index in [4.69, 9.17) is 5.26 Å². The maximum atomic E-state index is 13.3. The summed E-state index contributed by atoms with van der Waals surface area (Å²) in [6.07, 6.45) is 5.19. The number of hydrogen-bond acceptors (Lipinski definition) is 6. The van der Waals surface area contributed by atoms with E-state index in [1.165, 1.54) is 17.5 Å². The van der Waals surface area contributed by atoms with Gasteiger partial charge in [0.05, 0.1) is 21.9 Å². The standard InChI is InChI=1S/C23H23N5O2S2/c1-23(2,20-14-31-22(26-20)27-32(30)19-8-9-19)21(29)28(3)18-6-4-16(5-7-18)17-10-15(11-24)12-25-13-17/h4-7,10,12-14,19H,8-9H2,1-3H3,(H,26,27). The van der Waals surface area contributed by atoms with Gasteiger partial charge in [-0.2, -0.15) is 5.26 Å². The normalized spacial score (nSPS) is 14.4. The van der Waals surface area contributed by atoms with Crippen LogP contribution < -0.4 is 9.62 Å². The minimum absolute atomic E-state index is 0.0986. The maximum Gasteiger partial charge on any atom is 0.238 e. The number of likely N-dealkylation sites (N-methyl/N-ethyl adjacent to an activating group) is 1. The van der Waals surface area contributed by atoms with Crippen LogP contribution in [0.5, 0.6) is 0 Å². The van der Waals surface area contributed by atoms with Gasteiger partial charge in [-0.25, -0.2) is 9.19 Å². The summed E-state index contributed by atoms with van der Waals surface area (Å²) in [7, 11) is 0.626. The molecule has 164 valence electrons. The highest BCUT2D eigenvalue weighted by molar-refractivity contribution is 7.87. The molecule has 1 atom stereocenters. The maximum absolute atomic E-state index is 13.3. The van der Waals surface area contributed by atoms with Crippen molar-refractivity contribution in [3.05, 3.63) is 59.4 Å². The number of aromatic nitrogens is 2. The summed E-state index contributed by atoms with van der Waals surface area (Å²) in [5, 5.41) is 11.7. The first-order valence-electron chi connectivity index (χ1n) is 10.2. The Balaban J connectivity index is 1.49. The Morgan fingerprint density at radius 2 is 1.97 bits per heavy atom. The van der Waals surface area contributed by atoms with Crippen molar-refractivity contribution >= 4 is 39.0 Å². The minimum atomic E-state index is -1.11. The predicted molar refractivity (Wildman–Crippen MR) is 128 cm³/mol. The molecule has 7 nitrogen and oxygen atoms in total. The van der Waals surface area contributed by atoms with Crippen molar-refractivity contribution in [1.29, 1.82) is 5.26 Å². The molecule has 1 N–H and O–H groups in total. The fraction of sp³-hybridized carbons (Fsp3) is 0.304. The predicted octanol–water partition coefficient (Wildman–Crippen LogP) is 4.26. The Hall–Kier alpha value is -3.09. The summed E-state index contributed by atoms with van der Waals surface area (Å²) < 4.78 is 15.1. The van der Waals surface area contributed by atoms with Crippen molar-refractivity contribution in [3.63, 3.8) is 0 Å². The van der Waals surface area contributed by atoms with E-state index in [0.29, 0.717) is 16.4 Å². The molecule has 3 aromatic rings. The van der Waals surface area contributed by atoms with Crippen LogP contribution in [0.2, 0.25) is 0 Å². The summed E-state index contributed by atoms with van der Waals surface area (Å²) in [4.78, 5) is 23.6. The fourth-order valence-electron chi connectivity index (χ4n) is 3.24. The fourth-order valence-corrected chi connectivity index (χ4v) is 5.35. The summed E-state index contributed by atoms with van der Waals surface area (Å²) in [5.41, 5.74) is 2.80. The lowest BCUT2D eigenvalue weighted by Gasteiger charge is -2.28. The third-order valence-electron chi connectivity index (χ3n) is 5.45. The van der Waals surface area contributed by atoms with E-state index in [-0.39, 0.29) is 11.2 Å². The number of anilines is 2. The third-order valence-corrected chi connectivity index (χ3v) is 7.81. The average molecular weight is 466 g/mol. The molecule has 0 radical (unpaired) electrons. The molecular weight excluding hydrogens is 442 g/mol. The number of benzene rings is 1. The van der Waals surface area contributed by atoms with Crippen LogP contribution in [0.25, 0.3) is 11.1 Å². The van der Waals surface area contributed by atoms with Gasteiger partial charge in [-0.05, 0) is 50.5 Å². The van der Waals surface area contributed by atoms with Crippen LogP contribution in [0, 0.1) is 11.3 Å². The minimum Gasteiger partial charge on any atom is -0.315 e. The molecule has 1 amide bonds. The zero-order valence-corrected chi connectivity index (χ0v) is 19.7. The summed E-state index contributed by atoms with van der Waals surface area (Å²) >= 11 is 1.36. The van der Waals surface area contributed by atoms with E-state index in [1.807, 2.05) is 43.5 Å². The first-order chi connectivity index (χ1) is 15.3. The summed E-state index contributed by atoms with van der Waals surface area (Å²) in [6, 6.07) is 11.4. The van der Waals surface area contributed by atoms with Crippen LogP contribution in [0.4, 0.5) is 10.8 Å². The average Bonchev–Trinajstić information content (AvgIpc) is 3.56. The van der Waals surface area contributed by atoms with E-state index >= 15 is 0 Å². The molecule has 2 heterocycles. The van der Waals surface area contributed by atoms with Gasteiger partial charge in [-0.15, -0.1) is 11.3 Å². The van der Waals surface area contributed by atoms with Crippen LogP contribution in [-0.2, 0) is 21.2 Å². The number of nitriles is 1. The molecule has 1 unspecified atom stereocenters. The number of amides is 1. The summed E-state index contributed by atoms with van der Waals surface area (Å²) in [5.74, 6) is -0.0986.